The molecular formula is C24H22ClN5O2. The fourth-order valence-electron chi connectivity index (χ4n) is 2.98. The number of anilines is 3. The van der Waals surface area contributed by atoms with Gasteiger partial charge in [0.2, 0.25) is 0 Å². The second-order valence-electron chi connectivity index (χ2n) is 7.85. The molecule has 0 spiro atoms. The molecule has 0 aliphatic heterocycles. The molecular weight excluding hydrogens is 426 g/mol. The summed E-state index contributed by atoms with van der Waals surface area (Å²) in [6.07, 6.45) is 1.41. The van der Waals surface area contributed by atoms with E-state index in [4.69, 9.17) is 17.3 Å². The molecule has 0 saturated heterocycles. The number of nitrogens with zero attached hydrogens (tertiary/aromatic N) is 2. The van der Waals surface area contributed by atoms with Gasteiger partial charge in [0.25, 0.3) is 11.8 Å². The van der Waals surface area contributed by atoms with Gasteiger partial charge in [0.05, 0.1) is 28.4 Å². The number of carbonyl (C=O) groups is 2. The Bertz CT molecular complexity index is 1250. The van der Waals surface area contributed by atoms with E-state index in [0.29, 0.717) is 22.5 Å². The second kappa shape index (κ2) is 9.08. The van der Waals surface area contributed by atoms with Crippen LogP contribution in [-0.2, 0) is 5.41 Å². The predicted molar refractivity (Wildman–Crippen MR) is 126 cm³/mol. The lowest BCUT2D eigenvalue weighted by Crippen LogP contribution is -2.18. The van der Waals surface area contributed by atoms with Gasteiger partial charge in [-0.3, -0.25) is 9.59 Å². The first kappa shape index (κ1) is 22.8. The Morgan fingerprint density at radius 2 is 1.78 bits per heavy atom. The lowest BCUT2D eigenvalue weighted by atomic mass is 9.85. The van der Waals surface area contributed by atoms with E-state index in [1.807, 2.05) is 6.07 Å². The highest BCUT2D eigenvalue weighted by molar-refractivity contribution is 6.33. The molecule has 162 valence electrons. The first-order valence-corrected chi connectivity index (χ1v) is 10.1. The van der Waals surface area contributed by atoms with Crippen LogP contribution in [0.5, 0.6) is 0 Å². The van der Waals surface area contributed by atoms with E-state index >= 15 is 0 Å². The summed E-state index contributed by atoms with van der Waals surface area (Å²) in [5, 5.41) is 15.1. The largest absolute Gasteiger partial charge is 0.382 e. The average molecular weight is 448 g/mol. The maximum atomic E-state index is 12.8. The minimum atomic E-state index is -0.717. The van der Waals surface area contributed by atoms with Crippen LogP contribution >= 0.6 is 11.6 Å². The molecule has 1 heterocycles. The minimum absolute atomic E-state index is 0.174. The van der Waals surface area contributed by atoms with Crippen LogP contribution in [0.25, 0.3) is 0 Å². The van der Waals surface area contributed by atoms with Crippen LogP contribution in [0.4, 0.5) is 17.2 Å². The van der Waals surface area contributed by atoms with Crippen LogP contribution in [0.15, 0.2) is 54.7 Å². The second-order valence-corrected chi connectivity index (χ2v) is 8.25. The standard InChI is InChI=1S/C24H22ClN5O2/c1-14-7-8-17(10-19(14)23(32)30-18-11-20(25)21(27)28-12-18)29-22(31)15-5-4-6-16(9-15)24(2,3)13-26/h4-12H,1-3H3,(H2,27,28)(H,29,31)(H,30,32). The Balaban J connectivity index is 1.80. The van der Waals surface area contributed by atoms with Crippen molar-refractivity contribution in [3.8, 4) is 6.07 Å². The van der Waals surface area contributed by atoms with E-state index in [-0.39, 0.29) is 22.7 Å². The summed E-state index contributed by atoms with van der Waals surface area (Å²) >= 11 is 5.96. The fraction of sp³-hybridized carbons (Fsp3) is 0.167. The van der Waals surface area contributed by atoms with E-state index in [1.54, 1.807) is 57.2 Å². The van der Waals surface area contributed by atoms with Gasteiger partial charge >= 0.3 is 0 Å². The SMILES string of the molecule is Cc1ccc(NC(=O)c2cccc(C(C)(C)C#N)c2)cc1C(=O)Nc1cnc(N)c(Cl)c1. The topological polar surface area (TPSA) is 121 Å². The van der Waals surface area contributed by atoms with Crippen LogP contribution in [0.3, 0.4) is 0 Å². The number of nitrogens with two attached hydrogens (primary N) is 1. The Morgan fingerprint density at radius 3 is 2.47 bits per heavy atom. The molecule has 0 radical (unpaired) electrons. The zero-order valence-corrected chi connectivity index (χ0v) is 18.6. The molecule has 0 unspecified atom stereocenters. The van der Waals surface area contributed by atoms with Gasteiger partial charge in [-0.05, 0) is 62.2 Å². The monoisotopic (exact) mass is 447 g/mol. The lowest BCUT2D eigenvalue weighted by molar-refractivity contribution is 0.101. The number of nitrogens with one attached hydrogen (secondary N) is 2. The lowest BCUT2D eigenvalue weighted by Gasteiger charge is -2.16. The minimum Gasteiger partial charge on any atom is -0.382 e. The molecule has 0 atom stereocenters. The van der Waals surface area contributed by atoms with Gasteiger partial charge in [-0.2, -0.15) is 5.26 Å². The van der Waals surface area contributed by atoms with E-state index < -0.39 is 5.41 Å². The third-order valence-electron chi connectivity index (χ3n) is 4.99. The third-order valence-corrected chi connectivity index (χ3v) is 5.30. The summed E-state index contributed by atoms with van der Waals surface area (Å²) in [4.78, 5) is 29.5. The smallest absolute Gasteiger partial charge is 0.256 e. The van der Waals surface area contributed by atoms with Gasteiger partial charge < -0.3 is 16.4 Å². The van der Waals surface area contributed by atoms with E-state index in [1.165, 1.54) is 12.3 Å². The van der Waals surface area contributed by atoms with Crippen LogP contribution < -0.4 is 16.4 Å². The van der Waals surface area contributed by atoms with Crippen molar-refractivity contribution >= 4 is 40.6 Å². The van der Waals surface area contributed by atoms with E-state index in [2.05, 4.69) is 21.7 Å². The number of benzene rings is 2. The summed E-state index contributed by atoms with van der Waals surface area (Å²) < 4.78 is 0. The van der Waals surface area contributed by atoms with Crippen LogP contribution in [-0.4, -0.2) is 16.8 Å². The number of nitrogen functional groups attached to an aromatic ring is 1. The van der Waals surface area contributed by atoms with Crippen molar-refractivity contribution in [2.45, 2.75) is 26.2 Å². The summed E-state index contributed by atoms with van der Waals surface area (Å²) in [5.41, 5.74) is 8.02. The highest BCUT2D eigenvalue weighted by Crippen LogP contribution is 2.24. The van der Waals surface area contributed by atoms with Gasteiger partial charge in [-0.15, -0.1) is 0 Å². The zero-order chi connectivity index (χ0) is 23.5. The number of pyridine rings is 1. The van der Waals surface area contributed by atoms with Crippen molar-refractivity contribution in [3.05, 3.63) is 82.0 Å². The van der Waals surface area contributed by atoms with Crippen LogP contribution in [0.2, 0.25) is 5.02 Å². The molecule has 0 aliphatic rings. The van der Waals surface area contributed by atoms with Crippen LogP contribution in [0, 0.1) is 18.3 Å². The van der Waals surface area contributed by atoms with Gasteiger partial charge in [0.1, 0.15) is 5.82 Å². The molecule has 3 rings (SSSR count). The van der Waals surface area contributed by atoms with Crippen molar-refractivity contribution in [2.75, 3.05) is 16.4 Å². The van der Waals surface area contributed by atoms with Crippen molar-refractivity contribution in [1.82, 2.24) is 4.98 Å². The Labute approximate surface area is 191 Å². The fourth-order valence-corrected chi connectivity index (χ4v) is 3.14. The molecule has 8 heteroatoms. The Kier molecular flexibility index (Phi) is 6.47. The molecule has 0 fully saturated rings. The molecule has 2 amide bonds. The number of hydrogen-bond acceptors (Lipinski definition) is 5. The van der Waals surface area contributed by atoms with Crippen molar-refractivity contribution in [2.24, 2.45) is 0 Å². The predicted octanol–water partition coefficient (Wildman–Crippen LogP) is 4.93. The van der Waals surface area contributed by atoms with Gasteiger partial charge in [-0.25, -0.2) is 4.98 Å². The molecule has 3 aromatic rings. The number of hydrogen-bond donors (Lipinski definition) is 3. The quantitative estimate of drug-likeness (QED) is 0.512. The van der Waals surface area contributed by atoms with Crippen molar-refractivity contribution in [1.29, 1.82) is 5.26 Å². The first-order valence-electron chi connectivity index (χ1n) is 9.77. The number of aryl methyl sites for hydroxylation is 1. The van der Waals surface area contributed by atoms with Gasteiger partial charge in [0, 0.05) is 16.8 Å². The van der Waals surface area contributed by atoms with E-state index in [0.717, 1.165) is 11.1 Å². The highest BCUT2D eigenvalue weighted by Gasteiger charge is 2.21. The molecule has 2 aromatic carbocycles. The van der Waals surface area contributed by atoms with Crippen LogP contribution in [0.1, 0.15) is 45.7 Å². The molecule has 0 bridgehead atoms. The summed E-state index contributed by atoms with van der Waals surface area (Å²) in [6.45, 7) is 5.37. The number of aromatic nitrogens is 1. The van der Waals surface area contributed by atoms with Crippen molar-refractivity contribution in [3.63, 3.8) is 0 Å². The maximum Gasteiger partial charge on any atom is 0.256 e. The average Bonchev–Trinajstić information content (AvgIpc) is 2.77. The molecule has 7 nitrogen and oxygen atoms in total. The number of amides is 2. The molecule has 0 saturated carbocycles. The van der Waals surface area contributed by atoms with Crippen molar-refractivity contribution < 1.29 is 9.59 Å². The summed E-state index contributed by atoms with van der Waals surface area (Å²) in [5.74, 6) is -0.544. The normalized spacial score (nSPS) is 10.8. The summed E-state index contributed by atoms with van der Waals surface area (Å²) in [7, 11) is 0. The number of nitriles is 1. The molecule has 1 aromatic heterocycles. The summed E-state index contributed by atoms with van der Waals surface area (Å²) in [6, 6.07) is 15.7. The molecule has 32 heavy (non-hydrogen) atoms. The molecule has 0 aliphatic carbocycles. The third kappa shape index (κ3) is 5.05. The highest BCUT2D eigenvalue weighted by atomic mass is 35.5. The number of halogens is 1. The zero-order valence-electron chi connectivity index (χ0n) is 17.9. The van der Waals surface area contributed by atoms with Gasteiger partial charge in [-0.1, -0.05) is 29.8 Å². The Hall–Kier alpha value is -3.89. The Morgan fingerprint density at radius 1 is 1.06 bits per heavy atom. The number of carbonyl (C=O) groups excluding carboxylic acids is 2. The number of rotatable bonds is 5. The first-order chi connectivity index (χ1) is 15.1. The maximum absolute atomic E-state index is 12.8. The van der Waals surface area contributed by atoms with Gasteiger partial charge in [0.15, 0.2) is 0 Å². The van der Waals surface area contributed by atoms with E-state index in [9.17, 15) is 14.9 Å². The molecule has 4 N–H and O–H groups in total.